The lowest BCUT2D eigenvalue weighted by Crippen LogP contribution is -2.00. The SMILES string of the molecule is CCCNc1cncc(Oc2cc([N+](=O)[O-])ccc2C)c1. The maximum atomic E-state index is 10.8. The normalized spacial score (nSPS) is 10.2. The number of pyridine rings is 1. The molecule has 0 unspecified atom stereocenters. The number of benzene rings is 1. The molecule has 21 heavy (non-hydrogen) atoms. The van der Waals surface area contributed by atoms with Gasteiger partial charge in [0, 0.05) is 18.7 Å². The van der Waals surface area contributed by atoms with Gasteiger partial charge >= 0.3 is 0 Å². The van der Waals surface area contributed by atoms with Crippen LogP contribution in [0.4, 0.5) is 11.4 Å². The Kier molecular flexibility index (Phi) is 4.71. The highest BCUT2D eigenvalue weighted by Gasteiger charge is 2.10. The summed E-state index contributed by atoms with van der Waals surface area (Å²) < 4.78 is 5.71. The second-order valence-corrected chi connectivity index (χ2v) is 4.65. The first kappa shape index (κ1) is 14.8. The summed E-state index contributed by atoms with van der Waals surface area (Å²) in [5.74, 6) is 0.998. The molecule has 0 saturated carbocycles. The van der Waals surface area contributed by atoms with E-state index in [2.05, 4.69) is 17.2 Å². The largest absolute Gasteiger partial charge is 0.455 e. The molecule has 2 aromatic rings. The third-order valence-corrected chi connectivity index (χ3v) is 2.90. The summed E-state index contributed by atoms with van der Waals surface area (Å²) in [5, 5.41) is 14.0. The Hall–Kier alpha value is -2.63. The van der Waals surface area contributed by atoms with Crippen LogP contribution in [0.15, 0.2) is 36.7 Å². The predicted molar refractivity (Wildman–Crippen MR) is 80.9 cm³/mol. The van der Waals surface area contributed by atoms with Gasteiger partial charge in [0.2, 0.25) is 0 Å². The van der Waals surface area contributed by atoms with Crippen LogP contribution in [0.1, 0.15) is 18.9 Å². The molecule has 0 fully saturated rings. The minimum atomic E-state index is -0.441. The first-order valence-corrected chi connectivity index (χ1v) is 6.72. The molecule has 0 saturated heterocycles. The van der Waals surface area contributed by atoms with Gasteiger partial charge in [-0.15, -0.1) is 0 Å². The molecule has 2 rings (SSSR count). The molecule has 0 spiro atoms. The lowest BCUT2D eigenvalue weighted by Gasteiger charge is -2.10. The molecule has 0 bridgehead atoms. The van der Waals surface area contributed by atoms with Crippen LogP contribution < -0.4 is 10.1 Å². The molecule has 1 aromatic carbocycles. The summed E-state index contributed by atoms with van der Waals surface area (Å²) in [6.45, 7) is 4.76. The third kappa shape index (κ3) is 3.92. The van der Waals surface area contributed by atoms with E-state index in [-0.39, 0.29) is 5.69 Å². The van der Waals surface area contributed by atoms with Crippen LogP contribution in [-0.4, -0.2) is 16.5 Å². The first-order chi connectivity index (χ1) is 10.1. The smallest absolute Gasteiger partial charge is 0.273 e. The minimum absolute atomic E-state index is 0.00354. The summed E-state index contributed by atoms with van der Waals surface area (Å²) in [6, 6.07) is 6.36. The second kappa shape index (κ2) is 6.69. The zero-order chi connectivity index (χ0) is 15.2. The topological polar surface area (TPSA) is 77.3 Å². The fourth-order valence-electron chi connectivity index (χ4n) is 1.78. The highest BCUT2D eigenvalue weighted by atomic mass is 16.6. The molecule has 0 aliphatic rings. The number of ether oxygens (including phenoxy) is 1. The van der Waals surface area contributed by atoms with Crippen molar-refractivity contribution in [2.45, 2.75) is 20.3 Å². The van der Waals surface area contributed by atoms with Crippen LogP contribution in [0.25, 0.3) is 0 Å². The number of anilines is 1. The first-order valence-electron chi connectivity index (χ1n) is 6.72. The number of aryl methyl sites for hydroxylation is 1. The van der Waals surface area contributed by atoms with Gasteiger partial charge in [-0.2, -0.15) is 0 Å². The lowest BCUT2D eigenvalue weighted by atomic mass is 10.2. The predicted octanol–water partition coefficient (Wildman–Crippen LogP) is 3.91. The number of hydrogen-bond donors (Lipinski definition) is 1. The standard InChI is InChI=1S/C15H17N3O3/c1-3-6-17-12-7-14(10-16-9-12)21-15-8-13(18(19)20)5-4-11(15)2/h4-5,7-10,17H,3,6H2,1-2H3. The van der Waals surface area contributed by atoms with Gasteiger partial charge in [-0.3, -0.25) is 15.1 Å². The molecule has 0 radical (unpaired) electrons. The van der Waals surface area contributed by atoms with Crippen molar-refractivity contribution in [1.29, 1.82) is 0 Å². The molecule has 1 heterocycles. The summed E-state index contributed by atoms with van der Waals surface area (Å²) in [7, 11) is 0. The monoisotopic (exact) mass is 287 g/mol. The maximum absolute atomic E-state index is 10.8. The van der Waals surface area contributed by atoms with Crippen molar-refractivity contribution in [1.82, 2.24) is 4.98 Å². The number of nitro groups is 1. The number of nitrogens with one attached hydrogen (secondary N) is 1. The van der Waals surface area contributed by atoms with Crippen molar-refractivity contribution >= 4 is 11.4 Å². The van der Waals surface area contributed by atoms with E-state index in [4.69, 9.17) is 4.74 Å². The van der Waals surface area contributed by atoms with Crippen molar-refractivity contribution in [2.24, 2.45) is 0 Å². The summed E-state index contributed by atoms with van der Waals surface area (Å²) in [5.41, 5.74) is 1.69. The fourth-order valence-corrected chi connectivity index (χ4v) is 1.78. The lowest BCUT2D eigenvalue weighted by molar-refractivity contribution is -0.384. The van der Waals surface area contributed by atoms with Gasteiger partial charge in [0.1, 0.15) is 11.5 Å². The van der Waals surface area contributed by atoms with Crippen LogP contribution >= 0.6 is 0 Å². The van der Waals surface area contributed by atoms with Gasteiger partial charge in [-0.1, -0.05) is 6.92 Å². The Morgan fingerprint density at radius 2 is 2.14 bits per heavy atom. The van der Waals surface area contributed by atoms with Crippen LogP contribution in [0.2, 0.25) is 0 Å². The van der Waals surface area contributed by atoms with E-state index in [1.807, 2.05) is 13.0 Å². The van der Waals surface area contributed by atoms with Gasteiger partial charge in [-0.05, 0) is 25.0 Å². The zero-order valence-electron chi connectivity index (χ0n) is 12.0. The number of nitrogens with zero attached hydrogens (tertiary/aromatic N) is 2. The third-order valence-electron chi connectivity index (χ3n) is 2.90. The van der Waals surface area contributed by atoms with Crippen molar-refractivity contribution in [2.75, 3.05) is 11.9 Å². The molecule has 6 nitrogen and oxygen atoms in total. The minimum Gasteiger partial charge on any atom is -0.455 e. The molecule has 0 amide bonds. The molecule has 0 aliphatic carbocycles. The van der Waals surface area contributed by atoms with E-state index < -0.39 is 4.92 Å². The number of nitro benzene ring substituents is 1. The highest BCUT2D eigenvalue weighted by Crippen LogP contribution is 2.29. The Morgan fingerprint density at radius 1 is 1.33 bits per heavy atom. The van der Waals surface area contributed by atoms with Crippen molar-refractivity contribution in [3.63, 3.8) is 0 Å². The molecular formula is C15H17N3O3. The Labute approximate surface area is 122 Å². The molecule has 1 aromatic heterocycles. The number of rotatable bonds is 6. The second-order valence-electron chi connectivity index (χ2n) is 4.65. The fraction of sp³-hybridized carbons (Fsp3) is 0.267. The van der Waals surface area contributed by atoms with Crippen molar-refractivity contribution < 1.29 is 9.66 Å². The van der Waals surface area contributed by atoms with E-state index in [0.29, 0.717) is 11.5 Å². The van der Waals surface area contributed by atoms with Crippen LogP contribution in [0, 0.1) is 17.0 Å². The number of hydrogen-bond acceptors (Lipinski definition) is 5. The van der Waals surface area contributed by atoms with Gasteiger partial charge in [0.05, 0.1) is 29.1 Å². The average Bonchev–Trinajstić information content (AvgIpc) is 2.47. The Morgan fingerprint density at radius 3 is 2.86 bits per heavy atom. The van der Waals surface area contributed by atoms with E-state index >= 15 is 0 Å². The molecule has 6 heteroatoms. The summed E-state index contributed by atoms with van der Waals surface area (Å²) in [6.07, 6.45) is 4.30. The molecule has 0 atom stereocenters. The number of aromatic nitrogens is 1. The molecule has 1 N–H and O–H groups in total. The summed E-state index contributed by atoms with van der Waals surface area (Å²) in [4.78, 5) is 14.5. The van der Waals surface area contributed by atoms with Gasteiger partial charge in [0.25, 0.3) is 5.69 Å². The van der Waals surface area contributed by atoms with Crippen molar-refractivity contribution in [3.05, 3.63) is 52.3 Å². The molecule has 110 valence electrons. The van der Waals surface area contributed by atoms with E-state index in [0.717, 1.165) is 24.2 Å². The zero-order valence-corrected chi connectivity index (χ0v) is 12.0. The van der Waals surface area contributed by atoms with Crippen LogP contribution in [0.5, 0.6) is 11.5 Å². The van der Waals surface area contributed by atoms with Crippen LogP contribution in [0.3, 0.4) is 0 Å². The van der Waals surface area contributed by atoms with E-state index in [1.54, 1.807) is 18.5 Å². The van der Waals surface area contributed by atoms with E-state index in [9.17, 15) is 10.1 Å². The summed E-state index contributed by atoms with van der Waals surface area (Å²) >= 11 is 0. The van der Waals surface area contributed by atoms with E-state index in [1.165, 1.54) is 12.1 Å². The molecule has 0 aliphatic heterocycles. The highest BCUT2D eigenvalue weighted by molar-refractivity contribution is 5.49. The van der Waals surface area contributed by atoms with Crippen LogP contribution in [-0.2, 0) is 0 Å². The molecular weight excluding hydrogens is 270 g/mol. The Bertz CT molecular complexity index is 644. The number of non-ortho nitro benzene ring substituents is 1. The van der Waals surface area contributed by atoms with Gasteiger partial charge in [-0.25, -0.2) is 0 Å². The quantitative estimate of drug-likeness (QED) is 0.643. The van der Waals surface area contributed by atoms with Crippen molar-refractivity contribution in [3.8, 4) is 11.5 Å². The Balaban J connectivity index is 2.21. The van der Waals surface area contributed by atoms with Gasteiger partial charge < -0.3 is 10.1 Å². The maximum Gasteiger partial charge on any atom is 0.273 e. The van der Waals surface area contributed by atoms with Gasteiger partial charge in [0.15, 0.2) is 0 Å². The average molecular weight is 287 g/mol.